The van der Waals surface area contributed by atoms with Gasteiger partial charge in [0.05, 0.1) is 11.6 Å². The Labute approximate surface area is 141 Å². The molecule has 0 unspecified atom stereocenters. The minimum absolute atomic E-state index is 0.0543. The standard InChI is InChI=1S/C20H17NO3/c1-3-18(14-23-20(22)4-2)24-19-11-9-17(10-12-19)16-7-5-15(13-21)6-8-16/h3-12H,2,14H2,1H3/b18-3+. The van der Waals surface area contributed by atoms with Gasteiger partial charge in [-0.2, -0.15) is 5.26 Å². The number of hydrogen-bond acceptors (Lipinski definition) is 4. The molecule has 2 rings (SSSR count). The lowest BCUT2D eigenvalue weighted by molar-refractivity contribution is -0.137. The van der Waals surface area contributed by atoms with E-state index in [4.69, 9.17) is 14.7 Å². The first-order valence-electron chi connectivity index (χ1n) is 7.39. The summed E-state index contributed by atoms with van der Waals surface area (Å²) in [6.07, 6.45) is 2.85. The summed E-state index contributed by atoms with van der Waals surface area (Å²) in [7, 11) is 0. The summed E-state index contributed by atoms with van der Waals surface area (Å²) in [5.74, 6) is 0.695. The van der Waals surface area contributed by atoms with Gasteiger partial charge in [0.1, 0.15) is 18.1 Å². The second-order valence-corrected chi connectivity index (χ2v) is 4.88. The number of rotatable bonds is 6. The number of nitriles is 1. The molecule has 0 heterocycles. The van der Waals surface area contributed by atoms with Crippen LogP contribution in [-0.2, 0) is 9.53 Å². The van der Waals surface area contributed by atoms with Crippen LogP contribution in [0.5, 0.6) is 5.75 Å². The summed E-state index contributed by atoms with van der Waals surface area (Å²) in [6, 6.07) is 17.0. The molecule has 0 saturated carbocycles. The van der Waals surface area contributed by atoms with E-state index in [0.29, 0.717) is 17.1 Å². The summed E-state index contributed by atoms with van der Waals surface area (Å²) in [6.45, 7) is 5.21. The van der Waals surface area contributed by atoms with Crippen molar-refractivity contribution < 1.29 is 14.3 Å². The highest BCUT2D eigenvalue weighted by molar-refractivity contribution is 5.81. The monoisotopic (exact) mass is 319 g/mol. The van der Waals surface area contributed by atoms with Crippen LogP contribution in [0.2, 0.25) is 0 Å². The molecule has 0 aliphatic heterocycles. The zero-order valence-electron chi connectivity index (χ0n) is 13.4. The summed E-state index contributed by atoms with van der Waals surface area (Å²) >= 11 is 0. The van der Waals surface area contributed by atoms with Crippen molar-refractivity contribution in [1.82, 2.24) is 0 Å². The molecular weight excluding hydrogens is 302 g/mol. The van der Waals surface area contributed by atoms with E-state index in [-0.39, 0.29) is 6.61 Å². The van der Waals surface area contributed by atoms with Crippen LogP contribution in [0.1, 0.15) is 12.5 Å². The first kappa shape index (κ1) is 17.0. The van der Waals surface area contributed by atoms with Gasteiger partial charge < -0.3 is 9.47 Å². The molecule has 0 aliphatic carbocycles. The number of ether oxygens (including phenoxy) is 2. The maximum Gasteiger partial charge on any atom is 0.330 e. The van der Waals surface area contributed by atoms with Crippen molar-refractivity contribution in [2.24, 2.45) is 0 Å². The van der Waals surface area contributed by atoms with Gasteiger partial charge in [-0.05, 0) is 48.4 Å². The first-order chi connectivity index (χ1) is 11.7. The minimum atomic E-state index is -0.492. The van der Waals surface area contributed by atoms with Crippen molar-refractivity contribution in [3.05, 3.63) is 78.6 Å². The van der Waals surface area contributed by atoms with Crippen molar-refractivity contribution in [2.75, 3.05) is 6.61 Å². The Morgan fingerprint density at radius 3 is 2.21 bits per heavy atom. The largest absolute Gasteiger partial charge is 0.458 e. The molecule has 0 aromatic heterocycles. The SMILES string of the molecule is C=CC(=O)OC/C(=C\C)Oc1ccc(-c2ccc(C#N)cc2)cc1. The molecule has 4 nitrogen and oxygen atoms in total. The Bertz CT molecular complexity index is 781. The normalized spacial score (nSPS) is 10.6. The Balaban J connectivity index is 2.04. The summed E-state index contributed by atoms with van der Waals surface area (Å²) < 4.78 is 10.6. The summed E-state index contributed by atoms with van der Waals surface area (Å²) in [5, 5.41) is 8.83. The first-order valence-corrected chi connectivity index (χ1v) is 7.39. The summed E-state index contributed by atoms with van der Waals surface area (Å²) in [5.41, 5.74) is 2.67. The zero-order chi connectivity index (χ0) is 17.4. The predicted molar refractivity (Wildman–Crippen MR) is 92.1 cm³/mol. The third-order valence-corrected chi connectivity index (χ3v) is 3.30. The van der Waals surface area contributed by atoms with Crippen LogP contribution in [0.25, 0.3) is 11.1 Å². The molecule has 0 amide bonds. The zero-order valence-corrected chi connectivity index (χ0v) is 13.4. The average molecular weight is 319 g/mol. The third kappa shape index (κ3) is 4.59. The maximum absolute atomic E-state index is 11.1. The molecule has 2 aromatic carbocycles. The number of benzene rings is 2. The molecular formula is C20H17NO3. The lowest BCUT2D eigenvalue weighted by Crippen LogP contribution is -2.08. The second kappa shape index (κ2) is 8.35. The number of esters is 1. The van der Waals surface area contributed by atoms with E-state index in [1.165, 1.54) is 0 Å². The molecule has 120 valence electrons. The van der Waals surface area contributed by atoms with Gasteiger partial charge in [-0.15, -0.1) is 0 Å². The highest BCUT2D eigenvalue weighted by Gasteiger charge is 2.04. The highest BCUT2D eigenvalue weighted by atomic mass is 16.6. The van der Waals surface area contributed by atoms with Crippen LogP contribution in [-0.4, -0.2) is 12.6 Å². The van der Waals surface area contributed by atoms with Gasteiger partial charge in [-0.3, -0.25) is 0 Å². The van der Waals surface area contributed by atoms with E-state index < -0.39 is 5.97 Å². The third-order valence-electron chi connectivity index (χ3n) is 3.30. The van der Waals surface area contributed by atoms with Crippen LogP contribution in [0, 0.1) is 11.3 Å². The fourth-order valence-electron chi connectivity index (χ4n) is 1.98. The number of nitrogens with zero attached hydrogens (tertiary/aromatic N) is 1. The van der Waals surface area contributed by atoms with Crippen molar-refractivity contribution in [3.8, 4) is 22.9 Å². The molecule has 4 heteroatoms. The average Bonchev–Trinajstić information content (AvgIpc) is 2.65. The van der Waals surface area contributed by atoms with Gasteiger partial charge >= 0.3 is 5.97 Å². The molecule has 0 spiro atoms. The van der Waals surface area contributed by atoms with Crippen LogP contribution < -0.4 is 4.74 Å². The molecule has 2 aromatic rings. The molecule has 0 bridgehead atoms. The lowest BCUT2D eigenvalue weighted by atomic mass is 10.0. The van der Waals surface area contributed by atoms with Gasteiger partial charge in [-0.25, -0.2) is 4.79 Å². The Morgan fingerprint density at radius 1 is 1.12 bits per heavy atom. The molecule has 0 saturated heterocycles. The molecule has 0 radical (unpaired) electrons. The van der Waals surface area contributed by atoms with Crippen molar-refractivity contribution in [3.63, 3.8) is 0 Å². The van der Waals surface area contributed by atoms with E-state index >= 15 is 0 Å². The predicted octanol–water partition coefficient (Wildman–Crippen LogP) is 4.24. The highest BCUT2D eigenvalue weighted by Crippen LogP contribution is 2.23. The quantitative estimate of drug-likeness (QED) is 0.454. The van der Waals surface area contributed by atoms with E-state index in [0.717, 1.165) is 17.2 Å². The van der Waals surface area contributed by atoms with Gasteiger partial charge in [0, 0.05) is 6.08 Å². The van der Waals surface area contributed by atoms with Crippen LogP contribution in [0.4, 0.5) is 0 Å². The number of carbonyl (C=O) groups is 1. The van der Waals surface area contributed by atoms with Crippen molar-refractivity contribution >= 4 is 5.97 Å². The molecule has 24 heavy (non-hydrogen) atoms. The van der Waals surface area contributed by atoms with Crippen LogP contribution in [0.3, 0.4) is 0 Å². The molecule has 0 N–H and O–H groups in total. The maximum atomic E-state index is 11.1. The van der Waals surface area contributed by atoms with Crippen molar-refractivity contribution in [1.29, 1.82) is 5.26 Å². The van der Waals surface area contributed by atoms with Gasteiger partial charge in [0.2, 0.25) is 0 Å². The van der Waals surface area contributed by atoms with Crippen LogP contribution in [0.15, 0.2) is 73.0 Å². The Kier molecular flexibility index (Phi) is 5.93. The molecule has 0 aliphatic rings. The second-order valence-electron chi connectivity index (χ2n) is 4.88. The van der Waals surface area contributed by atoms with Crippen molar-refractivity contribution in [2.45, 2.75) is 6.92 Å². The Morgan fingerprint density at radius 2 is 1.71 bits per heavy atom. The minimum Gasteiger partial charge on any atom is -0.458 e. The smallest absolute Gasteiger partial charge is 0.330 e. The van der Waals surface area contributed by atoms with E-state index in [2.05, 4.69) is 12.6 Å². The number of carbonyl (C=O) groups excluding carboxylic acids is 1. The van der Waals surface area contributed by atoms with Gasteiger partial charge in [0.25, 0.3) is 0 Å². The fourth-order valence-corrected chi connectivity index (χ4v) is 1.98. The van der Waals surface area contributed by atoms with Gasteiger partial charge in [0.15, 0.2) is 0 Å². The number of hydrogen-bond donors (Lipinski definition) is 0. The van der Waals surface area contributed by atoms with E-state index in [9.17, 15) is 4.79 Å². The van der Waals surface area contributed by atoms with Crippen LogP contribution >= 0.6 is 0 Å². The topological polar surface area (TPSA) is 59.3 Å². The van der Waals surface area contributed by atoms with E-state index in [1.807, 2.05) is 43.3 Å². The lowest BCUT2D eigenvalue weighted by Gasteiger charge is -2.10. The van der Waals surface area contributed by atoms with Gasteiger partial charge in [-0.1, -0.05) is 30.8 Å². The number of allylic oxidation sites excluding steroid dienone is 1. The molecule has 0 atom stereocenters. The fraction of sp³-hybridized carbons (Fsp3) is 0.100. The Hall–Kier alpha value is -3.32. The molecule has 0 fully saturated rings. The summed E-state index contributed by atoms with van der Waals surface area (Å²) in [4.78, 5) is 11.1. The van der Waals surface area contributed by atoms with E-state index in [1.54, 1.807) is 18.2 Å².